The number of phenols is 1. The molecule has 0 spiro atoms. The lowest BCUT2D eigenvalue weighted by Gasteiger charge is -2.62. The van der Waals surface area contributed by atoms with Crippen molar-refractivity contribution in [3.05, 3.63) is 41.1 Å². The van der Waals surface area contributed by atoms with E-state index >= 15 is 0 Å². The van der Waals surface area contributed by atoms with Crippen LogP contribution in [0.2, 0.25) is 0 Å². The molecule has 5 atom stereocenters. The number of rotatable bonds is 1. The highest BCUT2D eigenvalue weighted by Gasteiger charge is 2.61. The molecule has 3 saturated heterocycles. The summed E-state index contributed by atoms with van der Waals surface area (Å²) in [6.07, 6.45) is 4.39. The van der Waals surface area contributed by atoms with Crippen LogP contribution in [0.3, 0.4) is 0 Å². The number of hydrogen-bond donors (Lipinski definition) is 3. The van der Waals surface area contributed by atoms with Crippen LogP contribution < -0.4 is 0 Å². The second-order valence-electron chi connectivity index (χ2n) is 8.09. The highest BCUT2D eigenvalue weighted by atomic mass is 16.3. The van der Waals surface area contributed by atoms with Gasteiger partial charge in [0.05, 0.1) is 25.4 Å². The number of phenolic OH excluding ortho intramolecular Hbond substituents is 1. The molecule has 1 aromatic carbocycles. The number of quaternary nitrogens is 1. The molecule has 4 heteroatoms. The Labute approximate surface area is 142 Å². The zero-order valence-corrected chi connectivity index (χ0v) is 14.3. The van der Waals surface area contributed by atoms with E-state index in [1.54, 1.807) is 6.07 Å². The van der Waals surface area contributed by atoms with Gasteiger partial charge >= 0.3 is 0 Å². The maximum absolute atomic E-state index is 10.1. The average molecular weight is 325 g/mol. The summed E-state index contributed by atoms with van der Waals surface area (Å²) in [5.74, 6) is 1.20. The molecule has 5 heterocycles. The van der Waals surface area contributed by atoms with Crippen LogP contribution in [0, 0.1) is 11.8 Å². The van der Waals surface area contributed by atoms with Crippen molar-refractivity contribution in [2.45, 2.75) is 31.8 Å². The number of benzene rings is 1. The predicted molar refractivity (Wildman–Crippen MR) is 93.7 cm³/mol. The van der Waals surface area contributed by atoms with Crippen molar-refractivity contribution < 1.29 is 14.7 Å². The normalized spacial score (nSPS) is 38.7. The van der Waals surface area contributed by atoms with Crippen LogP contribution in [-0.2, 0) is 6.42 Å². The van der Waals surface area contributed by atoms with Crippen molar-refractivity contribution in [3.63, 3.8) is 0 Å². The monoisotopic (exact) mass is 325 g/mol. The van der Waals surface area contributed by atoms with E-state index in [0.717, 1.165) is 34.8 Å². The van der Waals surface area contributed by atoms with Crippen LogP contribution in [0.1, 0.15) is 30.6 Å². The Morgan fingerprint density at radius 3 is 2.96 bits per heavy atom. The SMILES string of the molecule is CC=C1C[N+]2(C)C3CC1C(CO)C2Cc1c3[nH]c2ccc(O)cc12. The van der Waals surface area contributed by atoms with Crippen molar-refractivity contribution in [3.8, 4) is 5.75 Å². The Morgan fingerprint density at radius 1 is 1.38 bits per heavy atom. The van der Waals surface area contributed by atoms with Crippen LogP contribution >= 0.6 is 0 Å². The number of piperidine rings is 3. The second kappa shape index (κ2) is 4.64. The minimum absolute atomic E-state index is 0.274. The first kappa shape index (κ1) is 14.6. The number of aliphatic hydroxyl groups is 1. The lowest BCUT2D eigenvalue weighted by atomic mass is 9.62. The van der Waals surface area contributed by atoms with Crippen LogP contribution in [-0.4, -0.2) is 45.9 Å². The van der Waals surface area contributed by atoms with Gasteiger partial charge in [0.25, 0.3) is 0 Å². The van der Waals surface area contributed by atoms with Gasteiger partial charge in [0.2, 0.25) is 0 Å². The van der Waals surface area contributed by atoms with Gasteiger partial charge in [-0.1, -0.05) is 6.08 Å². The number of aromatic hydroxyl groups is 1. The zero-order valence-electron chi connectivity index (χ0n) is 14.3. The summed E-state index contributed by atoms with van der Waals surface area (Å²) in [7, 11) is 2.38. The first-order chi connectivity index (χ1) is 11.6. The highest BCUT2D eigenvalue weighted by molar-refractivity contribution is 5.86. The molecule has 2 aromatic rings. The van der Waals surface area contributed by atoms with E-state index in [4.69, 9.17) is 0 Å². The molecular formula is C20H25N2O2+. The minimum Gasteiger partial charge on any atom is -0.508 e. The molecular weight excluding hydrogens is 300 g/mol. The average Bonchev–Trinajstić information content (AvgIpc) is 2.91. The molecule has 0 aliphatic carbocycles. The molecule has 24 heavy (non-hydrogen) atoms. The molecule has 6 rings (SSSR count). The maximum Gasteiger partial charge on any atom is 0.131 e. The number of aromatic amines is 1. The topological polar surface area (TPSA) is 56.2 Å². The Kier molecular flexibility index (Phi) is 2.82. The number of aliphatic hydroxyl groups excluding tert-OH is 1. The summed E-state index contributed by atoms with van der Waals surface area (Å²) in [6, 6.07) is 6.58. The van der Waals surface area contributed by atoms with Crippen LogP contribution in [0.15, 0.2) is 29.8 Å². The zero-order chi connectivity index (χ0) is 16.6. The molecule has 126 valence electrons. The standard InChI is InChI=1S/C20H24N2O2/c1-3-11-9-22(2)18-8-15-14-6-12(24)4-5-17(14)21-20(15)19(22)7-13(11)16(18)10-23/h3-6,13,16,18-19,21,23H,7-10H2,1-2H3/p+1. The third-order valence-electron chi connectivity index (χ3n) is 7.21. The first-order valence-corrected chi connectivity index (χ1v) is 9.01. The number of nitrogens with zero attached hydrogens (tertiary/aromatic N) is 1. The van der Waals surface area contributed by atoms with E-state index in [0.29, 0.717) is 29.7 Å². The number of aromatic nitrogens is 1. The minimum atomic E-state index is 0.274. The fraction of sp³-hybridized carbons (Fsp3) is 0.500. The van der Waals surface area contributed by atoms with E-state index in [1.807, 2.05) is 12.1 Å². The fourth-order valence-electron chi connectivity index (χ4n) is 6.05. The molecule has 0 radical (unpaired) electrons. The van der Waals surface area contributed by atoms with E-state index in [9.17, 15) is 10.2 Å². The lowest BCUT2D eigenvalue weighted by Crippen LogP contribution is -2.70. The van der Waals surface area contributed by atoms with E-state index in [1.165, 1.54) is 16.8 Å². The lowest BCUT2D eigenvalue weighted by molar-refractivity contribution is -0.978. The summed E-state index contributed by atoms with van der Waals surface area (Å²) in [4.78, 5) is 3.67. The maximum atomic E-state index is 10.1. The van der Waals surface area contributed by atoms with Crippen molar-refractivity contribution in [2.75, 3.05) is 20.2 Å². The van der Waals surface area contributed by atoms with E-state index in [2.05, 4.69) is 25.0 Å². The quantitative estimate of drug-likeness (QED) is 0.558. The summed E-state index contributed by atoms with van der Waals surface area (Å²) in [5, 5.41) is 21.2. The Bertz CT molecular complexity index is 868. The number of fused-ring (bicyclic) bond motifs is 4. The molecule has 3 N–H and O–H groups in total. The number of likely N-dealkylation sites (N-methyl/N-ethyl adjacent to an activating group) is 1. The number of H-pyrrole nitrogens is 1. The Morgan fingerprint density at radius 2 is 2.21 bits per heavy atom. The molecule has 4 aliphatic heterocycles. The van der Waals surface area contributed by atoms with Gasteiger partial charge < -0.3 is 19.7 Å². The molecule has 4 aliphatic rings. The van der Waals surface area contributed by atoms with Crippen molar-refractivity contribution >= 4 is 10.9 Å². The summed E-state index contributed by atoms with van der Waals surface area (Å²) in [6.45, 7) is 3.52. The van der Waals surface area contributed by atoms with Gasteiger partial charge in [-0.3, -0.25) is 0 Å². The van der Waals surface area contributed by atoms with Gasteiger partial charge in [0.1, 0.15) is 18.3 Å². The Balaban J connectivity index is 1.73. The van der Waals surface area contributed by atoms with Gasteiger partial charge in [-0.2, -0.15) is 0 Å². The molecule has 3 fully saturated rings. The molecule has 0 saturated carbocycles. The van der Waals surface area contributed by atoms with Gasteiger partial charge in [0, 0.05) is 35.6 Å². The number of allylic oxidation sites excluding steroid dienone is 1. The van der Waals surface area contributed by atoms with Gasteiger partial charge in [0.15, 0.2) is 0 Å². The van der Waals surface area contributed by atoms with Crippen LogP contribution in [0.4, 0.5) is 0 Å². The van der Waals surface area contributed by atoms with E-state index < -0.39 is 0 Å². The third kappa shape index (κ3) is 1.60. The number of hydrogen-bond acceptors (Lipinski definition) is 2. The van der Waals surface area contributed by atoms with Gasteiger partial charge in [-0.15, -0.1) is 0 Å². The van der Waals surface area contributed by atoms with Crippen molar-refractivity contribution in [2.24, 2.45) is 11.8 Å². The molecule has 5 unspecified atom stereocenters. The smallest absolute Gasteiger partial charge is 0.131 e. The van der Waals surface area contributed by atoms with Gasteiger partial charge in [-0.25, -0.2) is 0 Å². The summed E-state index contributed by atoms with van der Waals surface area (Å²) in [5.41, 5.74) is 5.39. The largest absolute Gasteiger partial charge is 0.508 e. The van der Waals surface area contributed by atoms with E-state index in [-0.39, 0.29) is 6.61 Å². The second-order valence-corrected chi connectivity index (χ2v) is 8.09. The molecule has 4 bridgehead atoms. The van der Waals surface area contributed by atoms with Crippen molar-refractivity contribution in [1.29, 1.82) is 0 Å². The first-order valence-electron chi connectivity index (χ1n) is 9.01. The Hall–Kier alpha value is -1.78. The highest BCUT2D eigenvalue weighted by Crippen LogP contribution is 2.57. The molecule has 0 amide bonds. The van der Waals surface area contributed by atoms with Crippen molar-refractivity contribution in [1.82, 2.24) is 4.98 Å². The summed E-state index contributed by atoms with van der Waals surface area (Å²) < 4.78 is 1.02. The van der Waals surface area contributed by atoms with Crippen LogP contribution in [0.5, 0.6) is 5.75 Å². The number of nitrogens with one attached hydrogen (secondary N) is 1. The molecule has 4 nitrogen and oxygen atoms in total. The molecule has 1 aromatic heterocycles. The summed E-state index contributed by atoms with van der Waals surface area (Å²) >= 11 is 0. The van der Waals surface area contributed by atoms with Crippen LogP contribution in [0.25, 0.3) is 10.9 Å². The fourth-order valence-corrected chi connectivity index (χ4v) is 6.05. The third-order valence-corrected chi connectivity index (χ3v) is 7.21. The van der Waals surface area contributed by atoms with Gasteiger partial charge in [-0.05, 0) is 36.3 Å². The predicted octanol–water partition coefficient (Wildman–Crippen LogP) is 2.87.